The normalized spacial score (nSPS) is 21.3. The van der Waals surface area contributed by atoms with Crippen molar-refractivity contribution >= 4 is 17.9 Å². The van der Waals surface area contributed by atoms with Gasteiger partial charge in [0.05, 0.1) is 12.3 Å². The molecule has 0 saturated heterocycles. The van der Waals surface area contributed by atoms with E-state index in [1.807, 2.05) is 32.9 Å². The zero-order valence-electron chi connectivity index (χ0n) is 13.8. The van der Waals surface area contributed by atoms with Crippen LogP contribution in [0.1, 0.15) is 45.1 Å². The van der Waals surface area contributed by atoms with Gasteiger partial charge in [0.1, 0.15) is 17.1 Å². The van der Waals surface area contributed by atoms with Crippen molar-refractivity contribution in [3.8, 4) is 0 Å². The number of rotatable bonds is 6. The first-order valence-corrected chi connectivity index (χ1v) is 9.04. The Bertz CT molecular complexity index is 490. The number of thioether (sulfide) groups is 1. The Morgan fingerprint density at radius 2 is 2.00 bits per heavy atom. The third-order valence-corrected chi connectivity index (χ3v) is 4.00. The topological polar surface area (TPSA) is 63.5 Å². The summed E-state index contributed by atoms with van der Waals surface area (Å²) in [5.41, 5.74) is -0.445. The third-order valence-electron chi connectivity index (χ3n) is 3.43. The molecule has 0 bridgehead atoms. The fraction of sp³-hybridized carbons (Fsp3) is 0.688. The molecular weight excluding hydrogens is 300 g/mol. The van der Waals surface area contributed by atoms with Gasteiger partial charge in [0, 0.05) is 12.1 Å². The van der Waals surface area contributed by atoms with Crippen LogP contribution in [0.2, 0.25) is 0 Å². The van der Waals surface area contributed by atoms with Gasteiger partial charge in [-0.1, -0.05) is 0 Å². The summed E-state index contributed by atoms with van der Waals surface area (Å²) in [6, 6.07) is 4.68. The fourth-order valence-corrected chi connectivity index (χ4v) is 2.80. The monoisotopic (exact) mass is 326 g/mol. The molecule has 0 atom stereocenters. The molecule has 0 spiro atoms. The maximum absolute atomic E-state index is 11.6. The Morgan fingerprint density at radius 1 is 1.32 bits per heavy atom. The van der Waals surface area contributed by atoms with Crippen LogP contribution < -0.4 is 10.6 Å². The molecule has 1 heterocycles. The Kier molecular flexibility index (Phi) is 5.81. The average molecular weight is 326 g/mol. The third kappa shape index (κ3) is 5.57. The van der Waals surface area contributed by atoms with Crippen LogP contribution in [0.5, 0.6) is 0 Å². The minimum absolute atomic E-state index is 0.205. The van der Waals surface area contributed by atoms with Crippen LogP contribution in [0, 0.1) is 0 Å². The lowest BCUT2D eigenvalue weighted by atomic mass is 9.87. The molecule has 1 saturated carbocycles. The highest BCUT2D eigenvalue weighted by atomic mass is 32.2. The molecule has 0 radical (unpaired) electrons. The summed E-state index contributed by atoms with van der Waals surface area (Å²) in [6.07, 6.45) is 3.59. The van der Waals surface area contributed by atoms with E-state index < -0.39 is 5.60 Å². The summed E-state index contributed by atoms with van der Waals surface area (Å²) >= 11 is 1.75. The van der Waals surface area contributed by atoms with Crippen molar-refractivity contribution in [2.45, 2.75) is 63.6 Å². The molecule has 1 aromatic heterocycles. The molecule has 124 valence electrons. The van der Waals surface area contributed by atoms with Crippen molar-refractivity contribution in [3.63, 3.8) is 0 Å². The highest BCUT2D eigenvalue weighted by Gasteiger charge is 2.31. The number of carbonyl (C=O) groups is 1. The van der Waals surface area contributed by atoms with Gasteiger partial charge in [0.25, 0.3) is 0 Å². The number of nitrogens with one attached hydrogen (secondary N) is 2. The molecule has 1 amide bonds. The quantitative estimate of drug-likeness (QED) is 0.840. The van der Waals surface area contributed by atoms with E-state index >= 15 is 0 Å². The van der Waals surface area contributed by atoms with E-state index in [-0.39, 0.29) is 12.1 Å². The van der Waals surface area contributed by atoms with E-state index in [0.29, 0.717) is 6.04 Å². The van der Waals surface area contributed by atoms with Gasteiger partial charge in [0.15, 0.2) is 0 Å². The Hall–Kier alpha value is -1.14. The lowest BCUT2D eigenvalue weighted by Crippen LogP contribution is -2.52. The Morgan fingerprint density at radius 3 is 2.64 bits per heavy atom. The van der Waals surface area contributed by atoms with Gasteiger partial charge in [-0.2, -0.15) is 11.8 Å². The van der Waals surface area contributed by atoms with Gasteiger partial charge in [0.2, 0.25) is 0 Å². The number of hydrogen-bond donors (Lipinski definition) is 2. The molecule has 5 nitrogen and oxygen atoms in total. The van der Waals surface area contributed by atoms with E-state index in [1.54, 1.807) is 11.8 Å². The summed E-state index contributed by atoms with van der Waals surface area (Å²) in [5, 5.41) is 6.34. The zero-order chi connectivity index (χ0) is 16.2. The van der Waals surface area contributed by atoms with Crippen molar-refractivity contribution in [2.75, 3.05) is 6.26 Å². The maximum atomic E-state index is 11.6. The van der Waals surface area contributed by atoms with E-state index in [0.717, 1.165) is 36.7 Å². The second kappa shape index (κ2) is 7.42. The van der Waals surface area contributed by atoms with Crippen molar-refractivity contribution in [1.29, 1.82) is 0 Å². The SMILES string of the molecule is CSCc1ccc(CNC2CC(NC(=O)OC(C)(C)C)C2)o1. The van der Waals surface area contributed by atoms with Crippen LogP contribution in [-0.2, 0) is 17.0 Å². The first-order valence-electron chi connectivity index (χ1n) is 7.65. The second-order valence-electron chi connectivity index (χ2n) is 6.69. The molecule has 1 aliphatic carbocycles. The van der Waals surface area contributed by atoms with Crippen molar-refractivity contribution in [2.24, 2.45) is 0 Å². The maximum Gasteiger partial charge on any atom is 0.407 e. The van der Waals surface area contributed by atoms with Crippen LogP contribution in [0.4, 0.5) is 4.79 Å². The van der Waals surface area contributed by atoms with Gasteiger partial charge in [-0.05, 0) is 52.0 Å². The first kappa shape index (κ1) is 17.2. The number of hydrogen-bond acceptors (Lipinski definition) is 5. The zero-order valence-corrected chi connectivity index (χ0v) is 14.6. The molecule has 2 N–H and O–H groups in total. The molecule has 1 fully saturated rings. The van der Waals surface area contributed by atoms with Crippen molar-refractivity contribution in [3.05, 3.63) is 23.7 Å². The summed E-state index contributed by atoms with van der Waals surface area (Å²) in [6.45, 7) is 6.34. The van der Waals surface area contributed by atoms with Gasteiger partial charge in [-0.3, -0.25) is 0 Å². The standard InChI is InChI=1S/C16H26N2O3S/c1-16(2,3)21-15(19)18-12-7-11(8-12)17-9-13-5-6-14(20-13)10-22-4/h5-6,11-12,17H,7-10H2,1-4H3,(H,18,19). The first-order chi connectivity index (χ1) is 10.4. The molecule has 1 aromatic rings. The van der Waals surface area contributed by atoms with E-state index in [1.165, 1.54) is 0 Å². The molecule has 0 aliphatic heterocycles. The number of alkyl carbamates (subject to hydrolysis) is 1. The highest BCUT2D eigenvalue weighted by Crippen LogP contribution is 2.21. The van der Waals surface area contributed by atoms with Crippen LogP contribution in [-0.4, -0.2) is 30.0 Å². The lowest BCUT2D eigenvalue weighted by molar-refractivity contribution is 0.0464. The predicted octanol–water partition coefficient (Wildman–Crippen LogP) is 3.29. The van der Waals surface area contributed by atoms with Gasteiger partial charge in [-0.25, -0.2) is 4.79 Å². The number of ether oxygens (including phenoxy) is 1. The summed E-state index contributed by atoms with van der Waals surface area (Å²) in [4.78, 5) is 11.6. The Labute approximate surface area is 136 Å². The molecule has 0 unspecified atom stereocenters. The molecular formula is C16H26N2O3S. The molecule has 0 aromatic carbocycles. The van der Waals surface area contributed by atoms with Gasteiger partial charge < -0.3 is 19.8 Å². The smallest absolute Gasteiger partial charge is 0.407 e. The largest absolute Gasteiger partial charge is 0.464 e. The van der Waals surface area contributed by atoms with Crippen LogP contribution in [0.15, 0.2) is 16.5 Å². The molecule has 22 heavy (non-hydrogen) atoms. The van der Waals surface area contributed by atoms with Crippen LogP contribution >= 0.6 is 11.8 Å². The highest BCUT2D eigenvalue weighted by molar-refractivity contribution is 7.97. The van der Waals surface area contributed by atoms with E-state index in [9.17, 15) is 4.79 Å². The second-order valence-corrected chi connectivity index (χ2v) is 7.56. The molecule has 6 heteroatoms. The molecule has 2 rings (SSSR count). The molecule has 1 aliphatic rings. The summed E-state index contributed by atoms with van der Waals surface area (Å²) < 4.78 is 11.0. The lowest BCUT2D eigenvalue weighted by Gasteiger charge is -2.36. The number of furan rings is 1. The average Bonchev–Trinajstić information content (AvgIpc) is 2.78. The van der Waals surface area contributed by atoms with Crippen molar-refractivity contribution in [1.82, 2.24) is 10.6 Å². The summed E-state index contributed by atoms with van der Waals surface area (Å²) in [7, 11) is 0. The van der Waals surface area contributed by atoms with E-state index in [4.69, 9.17) is 9.15 Å². The fourth-order valence-electron chi connectivity index (χ4n) is 2.36. The summed E-state index contributed by atoms with van der Waals surface area (Å²) in [5.74, 6) is 2.89. The number of carbonyl (C=O) groups excluding carboxylic acids is 1. The van der Waals surface area contributed by atoms with Crippen LogP contribution in [0.25, 0.3) is 0 Å². The van der Waals surface area contributed by atoms with Crippen LogP contribution in [0.3, 0.4) is 0 Å². The van der Waals surface area contributed by atoms with Gasteiger partial charge >= 0.3 is 6.09 Å². The van der Waals surface area contributed by atoms with Gasteiger partial charge in [-0.15, -0.1) is 0 Å². The van der Waals surface area contributed by atoms with Crippen molar-refractivity contribution < 1.29 is 13.9 Å². The minimum atomic E-state index is -0.445. The number of amides is 1. The van der Waals surface area contributed by atoms with E-state index in [2.05, 4.69) is 16.9 Å². The predicted molar refractivity (Wildman–Crippen MR) is 88.9 cm³/mol. The Balaban J connectivity index is 1.62. The minimum Gasteiger partial charge on any atom is -0.464 e.